The van der Waals surface area contributed by atoms with E-state index in [1.165, 1.54) is 0 Å². The molecule has 0 aromatic heterocycles. The lowest BCUT2D eigenvalue weighted by atomic mass is 10.1. The number of benzene rings is 1. The smallest absolute Gasteiger partial charge is 0.307 e. The summed E-state index contributed by atoms with van der Waals surface area (Å²) in [5.74, 6) is -0.785. The predicted octanol–water partition coefficient (Wildman–Crippen LogP) is 1.80. The van der Waals surface area contributed by atoms with Crippen molar-refractivity contribution in [1.82, 2.24) is 4.90 Å². The summed E-state index contributed by atoms with van der Waals surface area (Å²) in [7, 11) is 3.98. The van der Waals surface area contributed by atoms with E-state index in [0.29, 0.717) is 0 Å². The number of hydrogen-bond donors (Lipinski definition) is 1. The molecule has 0 atom stereocenters. The number of aliphatic carboxylic acids is 1. The summed E-state index contributed by atoms with van der Waals surface area (Å²) >= 11 is 0. The molecule has 15 heavy (non-hydrogen) atoms. The maximum absolute atomic E-state index is 10.5. The minimum absolute atomic E-state index is 0. The van der Waals surface area contributed by atoms with Crippen molar-refractivity contribution < 1.29 is 9.90 Å². The Morgan fingerprint density at radius 1 is 1.33 bits per heavy atom. The molecule has 0 fully saturated rings. The first-order valence-electron chi connectivity index (χ1n) is 4.52. The van der Waals surface area contributed by atoms with Gasteiger partial charge in [0.25, 0.3) is 0 Å². The number of halogens is 1. The molecule has 0 amide bonds. The van der Waals surface area contributed by atoms with Crippen LogP contribution in [0.1, 0.15) is 11.1 Å². The molecule has 0 spiro atoms. The van der Waals surface area contributed by atoms with Crippen molar-refractivity contribution in [2.75, 3.05) is 14.1 Å². The van der Waals surface area contributed by atoms with Crippen LogP contribution in [0.5, 0.6) is 0 Å². The summed E-state index contributed by atoms with van der Waals surface area (Å²) in [6, 6.07) is 7.68. The molecule has 1 aromatic carbocycles. The first-order chi connectivity index (χ1) is 6.58. The van der Waals surface area contributed by atoms with Gasteiger partial charge in [0.05, 0.1) is 6.42 Å². The highest BCUT2D eigenvalue weighted by Crippen LogP contribution is 2.07. The van der Waals surface area contributed by atoms with Crippen LogP contribution in [0.3, 0.4) is 0 Å². The molecule has 4 heteroatoms. The van der Waals surface area contributed by atoms with Gasteiger partial charge in [-0.2, -0.15) is 0 Å². The van der Waals surface area contributed by atoms with E-state index in [4.69, 9.17) is 5.11 Å². The molecule has 0 unspecified atom stereocenters. The highest BCUT2D eigenvalue weighted by atomic mass is 35.5. The Hall–Kier alpha value is -1.06. The van der Waals surface area contributed by atoms with Crippen molar-refractivity contribution in [3.63, 3.8) is 0 Å². The van der Waals surface area contributed by atoms with E-state index in [1.807, 2.05) is 38.4 Å². The van der Waals surface area contributed by atoms with Crippen LogP contribution in [0.25, 0.3) is 0 Å². The summed E-state index contributed by atoms with van der Waals surface area (Å²) in [4.78, 5) is 12.5. The van der Waals surface area contributed by atoms with Crippen molar-refractivity contribution >= 4 is 18.4 Å². The van der Waals surface area contributed by atoms with E-state index in [0.717, 1.165) is 17.7 Å². The van der Waals surface area contributed by atoms with Gasteiger partial charge in [-0.05, 0) is 25.2 Å². The molecule has 0 saturated heterocycles. The van der Waals surface area contributed by atoms with E-state index in [9.17, 15) is 4.79 Å². The van der Waals surface area contributed by atoms with E-state index in [2.05, 4.69) is 4.90 Å². The van der Waals surface area contributed by atoms with Gasteiger partial charge in [-0.1, -0.05) is 24.3 Å². The van der Waals surface area contributed by atoms with Crippen LogP contribution >= 0.6 is 12.4 Å². The Labute approximate surface area is 96.1 Å². The van der Waals surface area contributed by atoms with Gasteiger partial charge in [0.2, 0.25) is 0 Å². The number of rotatable bonds is 4. The normalized spacial score (nSPS) is 9.80. The van der Waals surface area contributed by atoms with Gasteiger partial charge in [-0.25, -0.2) is 0 Å². The third kappa shape index (κ3) is 5.40. The zero-order chi connectivity index (χ0) is 10.6. The van der Waals surface area contributed by atoms with Gasteiger partial charge in [-0.3, -0.25) is 4.79 Å². The molecule has 0 saturated carbocycles. The third-order valence-corrected chi connectivity index (χ3v) is 1.85. The largest absolute Gasteiger partial charge is 0.481 e. The molecule has 0 aliphatic carbocycles. The van der Waals surface area contributed by atoms with E-state index < -0.39 is 5.97 Å². The highest BCUT2D eigenvalue weighted by molar-refractivity contribution is 5.85. The van der Waals surface area contributed by atoms with Gasteiger partial charge < -0.3 is 10.0 Å². The van der Waals surface area contributed by atoms with Crippen LogP contribution in [0, 0.1) is 0 Å². The van der Waals surface area contributed by atoms with Gasteiger partial charge >= 0.3 is 5.97 Å². The molecule has 3 nitrogen and oxygen atoms in total. The molecule has 0 bridgehead atoms. The number of carbonyl (C=O) groups is 1. The monoisotopic (exact) mass is 229 g/mol. The second-order valence-corrected chi connectivity index (χ2v) is 3.63. The topological polar surface area (TPSA) is 40.5 Å². The van der Waals surface area contributed by atoms with Crippen molar-refractivity contribution in [2.45, 2.75) is 13.0 Å². The zero-order valence-electron chi connectivity index (χ0n) is 8.93. The van der Waals surface area contributed by atoms with Crippen LogP contribution < -0.4 is 0 Å². The average Bonchev–Trinajstić information content (AvgIpc) is 2.01. The van der Waals surface area contributed by atoms with E-state index >= 15 is 0 Å². The number of carboxylic acid groups (broad SMARTS) is 1. The van der Waals surface area contributed by atoms with Crippen molar-refractivity contribution in [2.24, 2.45) is 0 Å². The van der Waals surface area contributed by atoms with E-state index in [1.54, 1.807) is 0 Å². The Morgan fingerprint density at radius 2 is 1.93 bits per heavy atom. The Morgan fingerprint density at radius 3 is 2.47 bits per heavy atom. The summed E-state index contributed by atoms with van der Waals surface area (Å²) in [5.41, 5.74) is 2.01. The zero-order valence-corrected chi connectivity index (χ0v) is 9.75. The second kappa shape index (κ2) is 6.43. The molecule has 1 N–H and O–H groups in total. The summed E-state index contributed by atoms with van der Waals surface area (Å²) in [5, 5.41) is 8.63. The summed E-state index contributed by atoms with van der Waals surface area (Å²) in [6.07, 6.45) is 0.0985. The number of carboxylic acids is 1. The van der Waals surface area contributed by atoms with Gasteiger partial charge in [-0.15, -0.1) is 12.4 Å². The van der Waals surface area contributed by atoms with Crippen LogP contribution in [0.4, 0.5) is 0 Å². The Bertz CT molecular complexity index is 326. The number of nitrogens with zero attached hydrogens (tertiary/aromatic N) is 1. The SMILES string of the molecule is CN(C)Cc1cccc(CC(=O)O)c1.Cl. The van der Waals surface area contributed by atoms with Crippen LogP contribution in [-0.2, 0) is 17.8 Å². The minimum Gasteiger partial charge on any atom is -0.481 e. The van der Waals surface area contributed by atoms with Crippen LogP contribution in [-0.4, -0.2) is 30.1 Å². The Kier molecular flexibility index (Phi) is 5.97. The lowest BCUT2D eigenvalue weighted by Crippen LogP contribution is -2.11. The third-order valence-electron chi connectivity index (χ3n) is 1.85. The van der Waals surface area contributed by atoms with Crippen molar-refractivity contribution in [3.05, 3.63) is 35.4 Å². The van der Waals surface area contributed by atoms with Crippen molar-refractivity contribution in [3.8, 4) is 0 Å². The second-order valence-electron chi connectivity index (χ2n) is 3.63. The highest BCUT2D eigenvalue weighted by Gasteiger charge is 2.01. The average molecular weight is 230 g/mol. The molecule has 0 aliphatic heterocycles. The molecule has 0 radical (unpaired) electrons. The fraction of sp³-hybridized carbons (Fsp3) is 0.364. The molecular formula is C11H16ClNO2. The molecule has 84 valence electrons. The summed E-state index contributed by atoms with van der Waals surface area (Å²) < 4.78 is 0. The fourth-order valence-corrected chi connectivity index (χ4v) is 1.38. The minimum atomic E-state index is -0.785. The van der Waals surface area contributed by atoms with Crippen LogP contribution in [0.15, 0.2) is 24.3 Å². The predicted molar refractivity (Wildman–Crippen MR) is 62.4 cm³/mol. The van der Waals surface area contributed by atoms with Crippen LogP contribution in [0.2, 0.25) is 0 Å². The first kappa shape index (κ1) is 13.9. The first-order valence-corrected chi connectivity index (χ1v) is 4.52. The standard InChI is InChI=1S/C11H15NO2.ClH/c1-12(2)8-10-5-3-4-9(6-10)7-11(13)14;/h3-6H,7-8H2,1-2H3,(H,13,14);1H. The molecular weight excluding hydrogens is 214 g/mol. The molecule has 1 rings (SSSR count). The molecule has 0 aliphatic rings. The number of hydrogen-bond acceptors (Lipinski definition) is 2. The Balaban J connectivity index is 0.00000196. The lowest BCUT2D eigenvalue weighted by Gasteiger charge is -2.10. The molecule has 0 heterocycles. The maximum Gasteiger partial charge on any atom is 0.307 e. The fourth-order valence-electron chi connectivity index (χ4n) is 1.38. The van der Waals surface area contributed by atoms with Crippen molar-refractivity contribution in [1.29, 1.82) is 0 Å². The lowest BCUT2D eigenvalue weighted by molar-refractivity contribution is -0.136. The maximum atomic E-state index is 10.5. The van der Waals surface area contributed by atoms with Gasteiger partial charge in [0, 0.05) is 6.54 Å². The summed E-state index contributed by atoms with van der Waals surface area (Å²) in [6.45, 7) is 0.841. The van der Waals surface area contributed by atoms with Gasteiger partial charge in [0.15, 0.2) is 0 Å². The van der Waals surface area contributed by atoms with E-state index in [-0.39, 0.29) is 18.8 Å². The van der Waals surface area contributed by atoms with Gasteiger partial charge in [0.1, 0.15) is 0 Å². The molecule has 1 aromatic rings. The quantitative estimate of drug-likeness (QED) is 0.856.